The molecule has 1 atom stereocenters. The summed E-state index contributed by atoms with van der Waals surface area (Å²) in [7, 11) is 1.68. The average molecular weight is 465 g/mol. The van der Waals surface area contributed by atoms with Crippen molar-refractivity contribution in [3.63, 3.8) is 0 Å². The number of rotatable bonds is 6. The zero-order valence-corrected chi connectivity index (χ0v) is 19.2. The quantitative estimate of drug-likeness (QED) is 0.578. The van der Waals surface area contributed by atoms with Crippen molar-refractivity contribution in [2.45, 2.75) is 37.9 Å². The summed E-state index contributed by atoms with van der Waals surface area (Å²) < 4.78 is 18.5. The number of fused-ring (bicyclic) bond motifs is 1. The Bertz CT molecular complexity index is 1270. The van der Waals surface area contributed by atoms with Gasteiger partial charge in [0.1, 0.15) is 19.0 Å². The van der Waals surface area contributed by atoms with E-state index in [9.17, 15) is 4.79 Å². The van der Waals surface area contributed by atoms with Gasteiger partial charge in [-0.25, -0.2) is 4.98 Å². The molecule has 1 fully saturated rings. The Morgan fingerprint density at radius 3 is 2.88 bits per heavy atom. The number of nitrogens with one attached hydrogen (secondary N) is 1. The molecule has 3 aliphatic rings. The maximum absolute atomic E-state index is 12.7. The molecule has 1 aromatic carbocycles. The van der Waals surface area contributed by atoms with E-state index in [2.05, 4.69) is 25.4 Å². The first-order valence-corrected chi connectivity index (χ1v) is 11.8. The van der Waals surface area contributed by atoms with E-state index in [0.717, 1.165) is 66.9 Å². The zero-order chi connectivity index (χ0) is 23.1. The Hall–Kier alpha value is -3.24. The van der Waals surface area contributed by atoms with Crippen LogP contribution in [0.1, 0.15) is 30.1 Å². The Kier molecular flexibility index (Phi) is 5.54. The van der Waals surface area contributed by atoms with Crippen LogP contribution < -0.4 is 25.1 Å². The SMILES string of the molecule is COc1ccc2ncc(=O)n3c2c1CC3CN1CCC(NCc2cc3c(nn2)OCCO3)CC1. The van der Waals surface area contributed by atoms with Gasteiger partial charge in [0.25, 0.3) is 11.4 Å². The van der Waals surface area contributed by atoms with Crippen LogP contribution in [0.15, 0.2) is 29.2 Å². The summed E-state index contributed by atoms with van der Waals surface area (Å²) in [5.41, 5.74) is 3.68. The van der Waals surface area contributed by atoms with Crippen LogP contribution in [0.5, 0.6) is 17.4 Å². The summed E-state index contributed by atoms with van der Waals surface area (Å²) in [5, 5.41) is 12.0. The molecule has 0 saturated carbocycles. The van der Waals surface area contributed by atoms with Gasteiger partial charge in [-0.05, 0) is 38.1 Å². The molecule has 178 valence electrons. The van der Waals surface area contributed by atoms with Gasteiger partial charge in [-0.1, -0.05) is 0 Å². The van der Waals surface area contributed by atoms with E-state index in [1.54, 1.807) is 7.11 Å². The molecule has 0 spiro atoms. The number of nitrogens with zero attached hydrogens (tertiary/aromatic N) is 5. The third kappa shape index (κ3) is 3.86. The van der Waals surface area contributed by atoms with Gasteiger partial charge in [-0.2, -0.15) is 5.10 Å². The van der Waals surface area contributed by atoms with Crippen molar-refractivity contribution in [1.29, 1.82) is 0 Å². The van der Waals surface area contributed by atoms with Gasteiger partial charge in [0.05, 0.1) is 36.1 Å². The third-order valence-corrected chi connectivity index (χ3v) is 7.02. The predicted octanol–water partition coefficient (Wildman–Crippen LogP) is 1.32. The molecule has 1 unspecified atom stereocenters. The summed E-state index contributed by atoms with van der Waals surface area (Å²) in [4.78, 5) is 19.5. The molecule has 1 N–H and O–H groups in total. The molecular weight excluding hydrogens is 436 g/mol. The minimum absolute atomic E-state index is 0.0402. The molecule has 5 heterocycles. The second-order valence-corrected chi connectivity index (χ2v) is 9.10. The van der Waals surface area contributed by atoms with Crippen LogP contribution >= 0.6 is 0 Å². The first kappa shape index (κ1) is 21.3. The van der Waals surface area contributed by atoms with Crippen LogP contribution in [0.4, 0.5) is 0 Å². The van der Waals surface area contributed by atoms with Crippen LogP contribution in [0.2, 0.25) is 0 Å². The molecule has 3 aromatic rings. The number of hydrogen-bond acceptors (Lipinski definition) is 9. The monoisotopic (exact) mass is 464 g/mol. The van der Waals surface area contributed by atoms with Gasteiger partial charge in [0, 0.05) is 37.2 Å². The van der Waals surface area contributed by atoms with Gasteiger partial charge in [0.2, 0.25) is 0 Å². The number of likely N-dealkylation sites (tertiary alicyclic amines) is 1. The highest BCUT2D eigenvalue weighted by atomic mass is 16.6. The number of piperidine rings is 1. The van der Waals surface area contributed by atoms with Gasteiger partial charge in [0.15, 0.2) is 5.75 Å². The molecule has 0 bridgehead atoms. The number of hydrogen-bond donors (Lipinski definition) is 1. The lowest BCUT2D eigenvalue weighted by molar-refractivity contribution is 0.161. The largest absolute Gasteiger partial charge is 0.496 e. The highest BCUT2D eigenvalue weighted by Gasteiger charge is 2.31. The molecule has 0 aliphatic carbocycles. The van der Waals surface area contributed by atoms with Crippen LogP contribution in [0, 0.1) is 0 Å². The minimum Gasteiger partial charge on any atom is -0.496 e. The van der Waals surface area contributed by atoms with E-state index in [-0.39, 0.29) is 11.6 Å². The van der Waals surface area contributed by atoms with E-state index < -0.39 is 0 Å². The second kappa shape index (κ2) is 8.84. The van der Waals surface area contributed by atoms with Crippen molar-refractivity contribution in [3.8, 4) is 17.4 Å². The average Bonchev–Trinajstić information content (AvgIpc) is 3.26. The van der Waals surface area contributed by atoms with E-state index >= 15 is 0 Å². The highest BCUT2D eigenvalue weighted by molar-refractivity contribution is 5.82. The van der Waals surface area contributed by atoms with Crippen LogP contribution in [0.25, 0.3) is 11.0 Å². The molecule has 0 amide bonds. The predicted molar refractivity (Wildman–Crippen MR) is 125 cm³/mol. The topological polar surface area (TPSA) is 104 Å². The van der Waals surface area contributed by atoms with Gasteiger partial charge in [-0.3, -0.25) is 4.79 Å². The summed E-state index contributed by atoms with van der Waals surface area (Å²) in [6, 6.07) is 6.30. The fourth-order valence-corrected chi connectivity index (χ4v) is 5.35. The first-order valence-electron chi connectivity index (χ1n) is 11.8. The van der Waals surface area contributed by atoms with Crippen molar-refractivity contribution in [2.75, 3.05) is 40.0 Å². The Morgan fingerprint density at radius 1 is 1.18 bits per heavy atom. The fourth-order valence-electron chi connectivity index (χ4n) is 5.35. The summed E-state index contributed by atoms with van der Waals surface area (Å²) >= 11 is 0. The maximum Gasteiger partial charge on any atom is 0.276 e. The summed E-state index contributed by atoms with van der Waals surface area (Å²) in [6.07, 6.45) is 4.32. The first-order chi connectivity index (χ1) is 16.7. The van der Waals surface area contributed by atoms with Gasteiger partial charge in [-0.15, -0.1) is 5.10 Å². The maximum atomic E-state index is 12.7. The number of methoxy groups -OCH3 is 1. The number of ether oxygens (including phenoxy) is 3. The fraction of sp³-hybridized carbons (Fsp3) is 0.500. The van der Waals surface area contributed by atoms with Gasteiger partial charge < -0.3 is 29.0 Å². The molecule has 10 heteroatoms. The Balaban J connectivity index is 1.07. The molecular formula is C24H28N6O4. The lowest BCUT2D eigenvalue weighted by atomic mass is 10.0. The van der Waals surface area contributed by atoms with Gasteiger partial charge >= 0.3 is 0 Å². The minimum atomic E-state index is -0.0402. The lowest BCUT2D eigenvalue weighted by Gasteiger charge is -2.34. The van der Waals surface area contributed by atoms with Crippen LogP contribution in [-0.2, 0) is 13.0 Å². The van der Waals surface area contributed by atoms with Crippen molar-refractivity contribution >= 4 is 11.0 Å². The highest BCUT2D eigenvalue weighted by Crippen LogP contribution is 2.36. The van der Waals surface area contributed by atoms with Crippen molar-refractivity contribution < 1.29 is 14.2 Å². The molecule has 3 aliphatic heterocycles. The molecule has 0 radical (unpaired) electrons. The van der Waals surface area contributed by atoms with E-state index in [0.29, 0.717) is 37.4 Å². The molecule has 34 heavy (non-hydrogen) atoms. The van der Waals surface area contributed by atoms with Crippen LogP contribution in [0.3, 0.4) is 0 Å². The molecule has 10 nitrogen and oxygen atoms in total. The standard InChI is InChI=1S/C24H28N6O4/c1-32-20-3-2-19-23-18(20)11-17(30(23)22(31)13-26-19)14-29-6-4-15(5-7-29)25-12-16-10-21-24(28-27-16)34-9-8-33-21/h2-3,10,13,15,17,25H,4-9,11-12,14H2,1H3. The number of benzene rings is 1. The Labute approximate surface area is 196 Å². The second-order valence-electron chi connectivity index (χ2n) is 9.10. The van der Waals surface area contributed by atoms with E-state index in [1.807, 2.05) is 22.8 Å². The zero-order valence-electron chi connectivity index (χ0n) is 19.2. The van der Waals surface area contributed by atoms with E-state index in [1.165, 1.54) is 6.20 Å². The van der Waals surface area contributed by atoms with E-state index in [4.69, 9.17) is 14.2 Å². The molecule has 6 rings (SSSR count). The van der Waals surface area contributed by atoms with Crippen molar-refractivity contribution in [2.24, 2.45) is 0 Å². The van der Waals surface area contributed by atoms with Crippen LogP contribution in [-0.4, -0.2) is 70.6 Å². The molecule has 2 aromatic heterocycles. The lowest BCUT2D eigenvalue weighted by Crippen LogP contribution is -2.44. The van der Waals surface area contributed by atoms with Crippen molar-refractivity contribution in [3.05, 3.63) is 46.0 Å². The smallest absolute Gasteiger partial charge is 0.276 e. The summed E-state index contributed by atoms with van der Waals surface area (Å²) in [5.74, 6) is 1.98. The third-order valence-electron chi connectivity index (χ3n) is 7.02. The Morgan fingerprint density at radius 2 is 2.03 bits per heavy atom. The number of aromatic nitrogens is 4. The summed E-state index contributed by atoms with van der Waals surface area (Å²) in [6.45, 7) is 4.52. The van der Waals surface area contributed by atoms with Crippen molar-refractivity contribution in [1.82, 2.24) is 30.0 Å². The normalized spacial score (nSPS) is 20.1. The molecule has 1 saturated heterocycles.